The van der Waals surface area contributed by atoms with Gasteiger partial charge in [0.05, 0.1) is 16.4 Å². The number of aromatic hydroxyl groups is 1. The molecule has 0 atom stereocenters. The number of anilines is 4. The van der Waals surface area contributed by atoms with Gasteiger partial charge in [-0.25, -0.2) is 13.6 Å². The fourth-order valence-corrected chi connectivity index (χ4v) is 3.96. The monoisotopic (exact) mass is 471 g/mol. The number of phenolic OH excluding ortho intramolecular Hbond substituents is 1. The van der Waals surface area contributed by atoms with Gasteiger partial charge in [-0.15, -0.1) is 0 Å². The number of nitrogens with two attached hydrogens (primary N) is 1. The molecule has 3 aromatic carbocycles. The number of para-hydroxylation sites is 1. The largest absolute Gasteiger partial charge is 0.504 e. The van der Waals surface area contributed by atoms with E-state index in [9.17, 15) is 23.1 Å². The molecule has 140 valence electrons. The lowest BCUT2D eigenvalue weighted by Crippen LogP contribution is -2.35. The fourth-order valence-electron chi connectivity index (χ4n) is 2.38. The minimum Gasteiger partial charge on any atom is -0.504 e. The number of hydrogen-bond donors (Lipinski definition) is 4. The number of primary sulfonamides is 1. The Balaban J connectivity index is 2.02. The molecule has 0 aliphatic heterocycles. The zero-order valence-corrected chi connectivity index (χ0v) is 16.4. The Morgan fingerprint density at radius 3 is 2.07 bits per heavy atom. The van der Waals surface area contributed by atoms with Crippen LogP contribution in [0.25, 0.3) is 0 Å². The van der Waals surface area contributed by atoms with Crippen molar-refractivity contribution in [2.75, 3.05) is 10.6 Å². The Labute approximate surface area is 166 Å². The van der Waals surface area contributed by atoms with Crippen molar-refractivity contribution < 1.29 is 13.5 Å². The van der Waals surface area contributed by atoms with Gasteiger partial charge in [-0.3, -0.25) is 9.59 Å². The third kappa shape index (κ3) is 3.56. The molecule has 0 heterocycles. The number of hydrogen-bond acceptors (Lipinski definition) is 7. The van der Waals surface area contributed by atoms with Crippen LogP contribution in [0.15, 0.2) is 55.4 Å². The molecule has 0 spiro atoms. The van der Waals surface area contributed by atoms with Crippen LogP contribution in [0.2, 0.25) is 5.02 Å². The Kier molecular flexibility index (Phi) is 5.00. The molecule has 3 rings (SSSR count). The van der Waals surface area contributed by atoms with E-state index in [1.807, 2.05) is 0 Å². The van der Waals surface area contributed by atoms with Crippen LogP contribution >= 0.6 is 27.5 Å². The highest BCUT2D eigenvalue weighted by molar-refractivity contribution is 9.10. The summed E-state index contributed by atoms with van der Waals surface area (Å²) < 4.78 is 23.9. The Bertz CT molecular complexity index is 1240. The summed E-state index contributed by atoms with van der Waals surface area (Å²) >= 11 is 9.09. The topological polar surface area (TPSA) is 139 Å². The van der Waals surface area contributed by atoms with E-state index in [1.54, 1.807) is 24.3 Å². The van der Waals surface area contributed by atoms with Crippen molar-refractivity contribution in [1.29, 1.82) is 0 Å². The quantitative estimate of drug-likeness (QED) is 0.330. The summed E-state index contributed by atoms with van der Waals surface area (Å²) in [6.07, 6.45) is 0. The molecule has 0 aliphatic rings. The molecule has 0 radical (unpaired) electrons. The van der Waals surface area contributed by atoms with Crippen molar-refractivity contribution in [3.63, 3.8) is 0 Å². The van der Waals surface area contributed by atoms with Gasteiger partial charge in [0.25, 0.3) is 10.9 Å². The second-order valence-electron chi connectivity index (χ2n) is 5.46. The molecule has 0 fully saturated rings. The molecular formula is C16H11BrClN3O5S. The van der Waals surface area contributed by atoms with Crippen LogP contribution in [0.1, 0.15) is 0 Å². The van der Waals surface area contributed by atoms with E-state index >= 15 is 0 Å². The minimum absolute atomic E-state index is 0.0293. The number of nitrogens with one attached hydrogen (secondary N) is 2. The number of sulfonamides is 1. The van der Waals surface area contributed by atoms with E-state index in [2.05, 4.69) is 26.6 Å². The molecule has 3 aromatic rings. The second kappa shape index (κ2) is 6.97. The molecule has 0 aliphatic carbocycles. The van der Waals surface area contributed by atoms with Crippen LogP contribution in [0.5, 0.6) is 5.75 Å². The van der Waals surface area contributed by atoms with Gasteiger partial charge in [-0.05, 0) is 40.2 Å². The highest BCUT2D eigenvalue weighted by atomic mass is 79.9. The summed E-state index contributed by atoms with van der Waals surface area (Å²) in [5, 5.41) is 20.3. The number of rotatable bonds is 5. The summed E-state index contributed by atoms with van der Waals surface area (Å²) in [6.45, 7) is 0. The third-order valence-corrected chi connectivity index (χ3v) is 5.77. The van der Waals surface area contributed by atoms with Gasteiger partial charge in [-0.1, -0.05) is 23.7 Å². The van der Waals surface area contributed by atoms with Gasteiger partial charge in [0, 0.05) is 4.47 Å². The Morgan fingerprint density at radius 1 is 0.963 bits per heavy atom. The lowest BCUT2D eigenvalue weighted by atomic mass is 10.1. The SMILES string of the molecule is NS(=O)(=O)c1c(Cl)ccc(Nc2c(Nc3ccccc3Br)c(=O)c2=O)c1O. The van der Waals surface area contributed by atoms with E-state index in [1.165, 1.54) is 12.1 Å². The fraction of sp³-hybridized carbons (Fsp3) is 0. The first kappa shape index (κ1) is 19.4. The van der Waals surface area contributed by atoms with Gasteiger partial charge >= 0.3 is 0 Å². The predicted molar refractivity (Wildman–Crippen MR) is 107 cm³/mol. The van der Waals surface area contributed by atoms with Gasteiger partial charge in [0.1, 0.15) is 16.3 Å². The summed E-state index contributed by atoms with van der Waals surface area (Å²) in [7, 11) is -4.31. The van der Waals surface area contributed by atoms with E-state index in [0.29, 0.717) is 10.2 Å². The maximum atomic E-state index is 11.9. The summed E-state index contributed by atoms with van der Waals surface area (Å²) in [6, 6.07) is 9.38. The normalized spacial score (nSPS) is 11.5. The average Bonchev–Trinajstić information content (AvgIpc) is 2.59. The lowest BCUT2D eigenvalue weighted by molar-refractivity contribution is 0.461. The highest BCUT2D eigenvalue weighted by Gasteiger charge is 2.26. The molecule has 0 amide bonds. The highest BCUT2D eigenvalue weighted by Crippen LogP contribution is 2.38. The predicted octanol–water partition coefficient (Wildman–Crippen LogP) is 2.54. The van der Waals surface area contributed by atoms with Crippen LogP contribution in [0.4, 0.5) is 22.7 Å². The second-order valence-corrected chi connectivity index (χ2v) is 8.22. The van der Waals surface area contributed by atoms with Crippen molar-refractivity contribution in [3.05, 3.63) is 66.3 Å². The summed E-state index contributed by atoms with van der Waals surface area (Å²) in [5.41, 5.74) is -1.35. The van der Waals surface area contributed by atoms with Crippen LogP contribution in [0.3, 0.4) is 0 Å². The molecular weight excluding hydrogens is 462 g/mol. The number of benzene rings is 2. The van der Waals surface area contributed by atoms with Crippen molar-refractivity contribution >= 4 is 60.3 Å². The molecule has 5 N–H and O–H groups in total. The molecule has 0 bridgehead atoms. The van der Waals surface area contributed by atoms with Crippen LogP contribution in [-0.2, 0) is 10.0 Å². The lowest BCUT2D eigenvalue weighted by Gasteiger charge is -2.17. The zero-order chi connectivity index (χ0) is 19.9. The van der Waals surface area contributed by atoms with Gasteiger partial charge < -0.3 is 15.7 Å². The van der Waals surface area contributed by atoms with Crippen molar-refractivity contribution in [2.24, 2.45) is 5.14 Å². The van der Waals surface area contributed by atoms with E-state index < -0.39 is 31.5 Å². The average molecular weight is 473 g/mol. The van der Waals surface area contributed by atoms with Gasteiger partial charge in [0.2, 0.25) is 10.0 Å². The Hall–Kier alpha value is -2.40. The van der Waals surface area contributed by atoms with E-state index in [0.717, 1.165) is 0 Å². The minimum atomic E-state index is -4.31. The van der Waals surface area contributed by atoms with Gasteiger partial charge in [0.15, 0.2) is 5.75 Å². The van der Waals surface area contributed by atoms with Crippen molar-refractivity contribution in [3.8, 4) is 5.75 Å². The number of phenols is 1. The molecule has 8 nitrogen and oxygen atoms in total. The smallest absolute Gasteiger partial charge is 0.253 e. The first-order valence-electron chi connectivity index (χ1n) is 7.27. The number of halogens is 2. The Morgan fingerprint density at radius 2 is 1.52 bits per heavy atom. The third-order valence-electron chi connectivity index (χ3n) is 3.67. The first-order valence-corrected chi connectivity index (χ1v) is 9.99. The van der Waals surface area contributed by atoms with E-state index in [4.69, 9.17) is 16.7 Å². The van der Waals surface area contributed by atoms with Crippen LogP contribution in [-0.4, -0.2) is 13.5 Å². The van der Waals surface area contributed by atoms with Crippen LogP contribution in [0, 0.1) is 0 Å². The maximum Gasteiger partial charge on any atom is 0.253 e. The molecule has 0 aromatic heterocycles. The first-order chi connectivity index (χ1) is 12.6. The molecule has 27 heavy (non-hydrogen) atoms. The molecule has 11 heteroatoms. The van der Waals surface area contributed by atoms with Crippen molar-refractivity contribution in [2.45, 2.75) is 4.90 Å². The zero-order valence-electron chi connectivity index (χ0n) is 13.3. The molecule has 0 saturated carbocycles. The van der Waals surface area contributed by atoms with Crippen molar-refractivity contribution in [1.82, 2.24) is 0 Å². The maximum absolute atomic E-state index is 11.9. The summed E-state index contributed by atoms with van der Waals surface area (Å²) in [4.78, 5) is 23.2. The molecule has 0 saturated heterocycles. The van der Waals surface area contributed by atoms with Gasteiger partial charge in [-0.2, -0.15) is 0 Å². The van der Waals surface area contributed by atoms with Crippen LogP contribution < -0.4 is 26.6 Å². The van der Waals surface area contributed by atoms with E-state index in [-0.39, 0.29) is 22.1 Å². The standard InChI is InChI=1S/C16H11BrClN3O5S/c17-7-3-1-2-4-9(7)20-11-12(15(24)14(11)23)21-10-6-5-8(18)16(13(10)22)27(19,25)26/h1-6,20-22H,(H2,19,25,26). The molecule has 0 unspecified atom stereocenters. The summed E-state index contributed by atoms with van der Waals surface area (Å²) in [5.74, 6) is -0.759.